The molecule has 0 aromatic carbocycles. The molecule has 3 aromatic heterocycles. The summed E-state index contributed by atoms with van der Waals surface area (Å²) in [7, 11) is 0. The fourth-order valence-electron chi connectivity index (χ4n) is 3.40. The van der Waals surface area contributed by atoms with E-state index in [0.29, 0.717) is 23.7 Å². The van der Waals surface area contributed by atoms with Crippen molar-refractivity contribution in [3.8, 4) is 0 Å². The second kappa shape index (κ2) is 9.50. The van der Waals surface area contributed by atoms with E-state index in [1.807, 2.05) is 17.3 Å². The first kappa shape index (κ1) is 22.6. The van der Waals surface area contributed by atoms with Crippen molar-refractivity contribution in [3.63, 3.8) is 0 Å². The van der Waals surface area contributed by atoms with Gasteiger partial charge in [0.05, 0.1) is 34.2 Å². The van der Waals surface area contributed by atoms with Gasteiger partial charge in [-0.25, -0.2) is 15.0 Å². The van der Waals surface area contributed by atoms with E-state index in [0.717, 1.165) is 40.4 Å². The number of hydrogen-bond acceptors (Lipinski definition) is 9. The van der Waals surface area contributed by atoms with Crippen LogP contribution in [-0.4, -0.2) is 44.9 Å². The van der Waals surface area contributed by atoms with Crippen molar-refractivity contribution in [1.29, 1.82) is 0 Å². The lowest BCUT2D eigenvalue weighted by molar-refractivity contribution is 0.0709. The molecule has 3 aromatic rings. The predicted molar refractivity (Wildman–Crippen MR) is 128 cm³/mol. The third-order valence-corrected chi connectivity index (χ3v) is 7.26. The Morgan fingerprint density at radius 2 is 2.12 bits per heavy atom. The number of aromatic nitrogens is 3. The highest BCUT2D eigenvalue weighted by Crippen LogP contribution is 2.32. The highest BCUT2D eigenvalue weighted by molar-refractivity contribution is 8.00. The zero-order valence-electron chi connectivity index (χ0n) is 18.5. The number of carbonyl (C=O) groups excluding carboxylic acids is 1. The third-order valence-electron chi connectivity index (χ3n) is 5.16. The summed E-state index contributed by atoms with van der Waals surface area (Å²) in [6.07, 6.45) is 7.13. The number of thiazole rings is 1. The Kier molecular flexibility index (Phi) is 6.71. The first-order valence-electron chi connectivity index (χ1n) is 10.6. The Hall–Kier alpha value is -2.59. The number of nitrogens with zero attached hydrogens (tertiary/aromatic N) is 4. The molecule has 0 aliphatic carbocycles. The minimum Gasteiger partial charge on any atom is -0.444 e. The number of nitrogens with two attached hydrogens (primary N) is 1. The summed E-state index contributed by atoms with van der Waals surface area (Å²) in [5.41, 5.74) is 6.60. The molecule has 3 N–H and O–H groups in total. The van der Waals surface area contributed by atoms with Gasteiger partial charge in [-0.15, -0.1) is 11.8 Å². The van der Waals surface area contributed by atoms with Crippen LogP contribution in [0.3, 0.4) is 0 Å². The fourth-order valence-corrected chi connectivity index (χ4v) is 5.20. The van der Waals surface area contributed by atoms with Crippen molar-refractivity contribution in [2.75, 3.05) is 24.1 Å². The fraction of sp³-hybridized carbons (Fsp3) is 0.455. The van der Waals surface area contributed by atoms with Gasteiger partial charge >= 0.3 is 0 Å². The second-order valence-corrected chi connectivity index (χ2v) is 11.2. The van der Waals surface area contributed by atoms with E-state index < -0.39 is 0 Å². The number of piperidine rings is 1. The number of anilines is 2. The zero-order valence-corrected chi connectivity index (χ0v) is 20.1. The van der Waals surface area contributed by atoms with Crippen LogP contribution < -0.4 is 11.1 Å². The molecule has 8 nitrogen and oxygen atoms in total. The lowest BCUT2D eigenvalue weighted by atomic mass is 9.94. The number of carbonyl (C=O) groups is 1. The van der Waals surface area contributed by atoms with Gasteiger partial charge in [-0.05, 0) is 25.0 Å². The van der Waals surface area contributed by atoms with Gasteiger partial charge < -0.3 is 20.4 Å². The molecule has 1 aliphatic rings. The maximum Gasteiger partial charge on any atom is 0.272 e. The number of oxazole rings is 1. The average molecular weight is 473 g/mol. The highest BCUT2D eigenvalue weighted by atomic mass is 32.2. The van der Waals surface area contributed by atoms with Crippen molar-refractivity contribution < 1.29 is 9.21 Å². The maximum atomic E-state index is 12.8. The summed E-state index contributed by atoms with van der Waals surface area (Å²) in [6.45, 7) is 7.68. The van der Waals surface area contributed by atoms with E-state index in [2.05, 4.69) is 41.0 Å². The summed E-state index contributed by atoms with van der Waals surface area (Å²) in [5, 5.41) is 4.35. The van der Waals surface area contributed by atoms with Crippen LogP contribution in [0.4, 0.5) is 10.8 Å². The first-order valence-corrected chi connectivity index (χ1v) is 12.4. The Labute approximate surface area is 196 Å². The molecule has 0 spiro atoms. The molecule has 1 aliphatic heterocycles. The Morgan fingerprint density at radius 1 is 1.28 bits per heavy atom. The van der Waals surface area contributed by atoms with Crippen LogP contribution in [0.2, 0.25) is 0 Å². The summed E-state index contributed by atoms with van der Waals surface area (Å²) in [5.74, 6) is 2.22. The largest absolute Gasteiger partial charge is 0.444 e. The third kappa shape index (κ3) is 5.60. The van der Waals surface area contributed by atoms with Crippen molar-refractivity contribution in [1.82, 2.24) is 19.9 Å². The molecule has 1 atom stereocenters. The van der Waals surface area contributed by atoms with Gasteiger partial charge in [0.15, 0.2) is 5.13 Å². The van der Waals surface area contributed by atoms with Gasteiger partial charge in [0.2, 0.25) is 5.89 Å². The number of nitrogen functional groups attached to an aromatic ring is 1. The van der Waals surface area contributed by atoms with E-state index in [-0.39, 0.29) is 17.4 Å². The van der Waals surface area contributed by atoms with Crippen LogP contribution in [0, 0.1) is 0 Å². The Morgan fingerprint density at radius 3 is 2.84 bits per heavy atom. The van der Waals surface area contributed by atoms with E-state index in [1.165, 1.54) is 6.20 Å². The van der Waals surface area contributed by atoms with Gasteiger partial charge in [0.1, 0.15) is 11.5 Å². The van der Waals surface area contributed by atoms with Crippen LogP contribution in [0.25, 0.3) is 0 Å². The van der Waals surface area contributed by atoms with Crippen molar-refractivity contribution >= 4 is 39.8 Å². The highest BCUT2D eigenvalue weighted by Gasteiger charge is 2.26. The number of likely N-dealkylation sites (tertiary alicyclic amines) is 1. The van der Waals surface area contributed by atoms with Gasteiger partial charge in [0, 0.05) is 24.5 Å². The quantitative estimate of drug-likeness (QED) is 0.508. The van der Waals surface area contributed by atoms with Crippen molar-refractivity contribution in [3.05, 3.63) is 48.1 Å². The monoisotopic (exact) mass is 472 g/mol. The van der Waals surface area contributed by atoms with E-state index in [9.17, 15) is 4.79 Å². The number of thioether (sulfide) groups is 1. The molecule has 4 heterocycles. The molecule has 0 saturated carbocycles. The number of rotatable bonds is 6. The maximum absolute atomic E-state index is 12.8. The van der Waals surface area contributed by atoms with E-state index in [4.69, 9.17) is 10.2 Å². The topological polar surface area (TPSA) is 110 Å². The molecule has 170 valence electrons. The molecule has 1 saturated heterocycles. The summed E-state index contributed by atoms with van der Waals surface area (Å²) < 4.78 is 6.96. The van der Waals surface area contributed by atoms with Crippen molar-refractivity contribution in [2.24, 2.45) is 0 Å². The number of pyridine rings is 1. The second-order valence-electron chi connectivity index (χ2n) is 8.85. The zero-order chi connectivity index (χ0) is 22.7. The Balaban J connectivity index is 1.30. The predicted octanol–water partition coefficient (Wildman–Crippen LogP) is 4.41. The number of amides is 1. The van der Waals surface area contributed by atoms with Crippen LogP contribution in [0.5, 0.6) is 0 Å². The summed E-state index contributed by atoms with van der Waals surface area (Å²) >= 11 is 3.27. The lowest BCUT2D eigenvalue weighted by Crippen LogP contribution is -2.45. The van der Waals surface area contributed by atoms with Gasteiger partial charge in [-0.1, -0.05) is 32.1 Å². The SMILES string of the molecule is CC(C)(C)c1cnc(CSc2cnc(NC3CCCN(C(=O)c4ccc(N)cn4)C3)s2)o1. The molecule has 1 unspecified atom stereocenters. The van der Waals surface area contributed by atoms with Crippen molar-refractivity contribution in [2.45, 2.75) is 55.0 Å². The lowest BCUT2D eigenvalue weighted by Gasteiger charge is -2.32. The molecule has 32 heavy (non-hydrogen) atoms. The Bertz CT molecular complexity index is 1060. The summed E-state index contributed by atoms with van der Waals surface area (Å²) in [4.78, 5) is 27.7. The minimum absolute atomic E-state index is 0.0450. The van der Waals surface area contributed by atoms with Crippen LogP contribution in [-0.2, 0) is 11.2 Å². The summed E-state index contributed by atoms with van der Waals surface area (Å²) in [6, 6.07) is 3.54. The molecule has 1 amide bonds. The smallest absolute Gasteiger partial charge is 0.272 e. The number of hydrogen-bond donors (Lipinski definition) is 2. The molecule has 0 bridgehead atoms. The normalized spacial score (nSPS) is 16.8. The molecule has 0 radical (unpaired) electrons. The van der Waals surface area contributed by atoms with Gasteiger partial charge in [-0.3, -0.25) is 4.79 Å². The standard InChI is InChI=1S/C22H28N6O2S2/c1-22(2,3)17-10-25-18(30-17)13-31-19-11-26-21(32-19)27-15-5-4-8-28(12-15)20(29)16-7-6-14(23)9-24-16/h6-7,9-11,15H,4-5,8,12-13,23H2,1-3H3,(H,26,27). The van der Waals surface area contributed by atoms with Gasteiger partial charge in [0.25, 0.3) is 5.91 Å². The van der Waals surface area contributed by atoms with Crippen LogP contribution >= 0.6 is 23.1 Å². The van der Waals surface area contributed by atoms with Crippen LogP contribution in [0.15, 0.2) is 39.3 Å². The molecule has 4 rings (SSSR count). The number of nitrogens with one attached hydrogen (secondary N) is 1. The average Bonchev–Trinajstić information content (AvgIpc) is 3.42. The minimum atomic E-state index is -0.0625. The molecular formula is C22H28N6O2S2. The molecule has 1 fully saturated rings. The molecule has 10 heteroatoms. The van der Waals surface area contributed by atoms with E-state index >= 15 is 0 Å². The first-order chi connectivity index (χ1) is 15.3. The van der Waals surface area contributed by atoms with Gasteiger partial charge in [-0.2, -0.15) is 0 Å². The molecular weight excluding hydrogens is 444 g/mol. The van der Waals surface area contributed by atoms with E-state index in [1.54, 1.807) is 35.2 Å². The van der Waals surface area contributed by atoms with Crippen LogP contribution in [0.1, 0.15) is 55.8 Å².